The maximum absolute atomic E-state index is 11.1. The van der Waals surface area contributed by atoms with Crippen molar-refractivity contribution in [2.24, 2.45) is 10.4 Å². The molecule has 0 aliphatic heterocycles. The Bertz CT molecular complexity index is 404. The number of halogens is 1. The zero-order valence-electron chi connectivity index (χ0n) is 12.7. The van der Waals surface area contributed by atoms with Crippen LogP contribution in [0.5, 0.6) is 0 Å². The summed E-state index contributed by atoms with van der Waals surface area (Å²) in [5.74, 6) is 0.829. The summed E-state index contributed by atoms with van der Waals surface area (Å²) in [7, 11) is -1.21. The van der Waals surface area contributed by atoms with Crippen molar-refractivity contribution in [1.29, 1.82) is 0 Å². The topological polar surface area (TPSA) is 70.6 Å². The lowest BCUT2D eigenvalue weighted by Gasteiger charge is -2.28. The molecule has 20 heavy (non-hydrogen) atoms. The average Bonchev–Trinajstić information content (AvgIpc) is 2.81. The molecule has 2 N–H and O–H groups in total. The molecule has 1 rings (SSSR count). The fourth-order valence-electron chi connectivity index (χ4n) is 2.63. The smallest absolute Gasteiger partial charge is 0.191 e. The Labute approximate surface area is 140 Å². The average molecular weight is 417 g/mol. The van der Waals surface area contributed by atoms with Gasteiger partial charge in [0.05, 0.1) is 5.75 Å². The molecular weight excluding hydrogens is 389 g/mol. The highest BCUT2D eigenvalue weighted by Crippen LogP contribution is 2.40. The molecule has 1 aliphatic carbocycles. The third kappa shape index (κ3) is 7.10. The number of aliphatic imine (C=N–C) groups is 1. The molecular formula is C13H28IN3O2S. The van der Waals surface area contributed by atoms with E-state index in [-0.39, 0.29) is 29.7 Å². The van der Waals surface area contributed by atoms with E-state index in [9.17, 15) is 8.42 Å². The van der Waals surface area contributed by atoms with E-state index in [4.69, 9.17) is 0 Å². The Kier molecular flexibility index (Phi) is 9.04. The Hall–Kier alpha value is -0.0500. The fraction of sp³-hybridized carbons (Fsp3) is 0.923. The van der Waals surface area contributed by atoms with E-state index < -0.39 is 9.84 Å². The minimum atomic E-state index is -2.92. The summed E-state index contributed by atoms with van der Waals surface area (Å²) >= 11 is 0. The minimum Gasteiger partial charge on any atom is -0.356 e. The van der Waals surface area contributed by atoms with Gasteiger partial charge >= 0.3 is 0 Å². The van der Waals surface area contributed by atoms with E-state index >= 15 is 0 Å². The highest BCUT2D eigenvalue weighted by atomic mass is 127. The van der Waals surface area contributed by atoms with Crippen LogP contribution in [0.3, 0.4) is 0 Å². The van der Waals surface area contributed by atoms with Crippen molar-refractivity contribution in [3.63, 3.8) is 0 Å². The van der Waals surface area contributed by atoms with Crippen molar-refractivity contribution in [3.05, 3.63) is 0 Å². The van der Waals surface area contributed by atoms with Crippen molar-refractivity contribution >= 4 is 39.8 Å². The van der Waals surface area contributed by atoms with Gasteiger partial charge in [0.2, 0.25) is 0 Å². The first-order valence-corrected chi connectivity index (χ1v) is 9.09. The number of rotatable bonds is 6. The Balaban J connectivity index is 0.00000361. The van der Waals surface area contributed by atoms with Gasteiger partial charge in [-0.2, -0.15) is 0 Å². The summed E-state index contributed by atoms with van der Waals surface area (Å²) in [6, 6.07) is 0. The van der Waals surface area contributed by atoms with E-state index in [1.165, 1.54) is 38.4 Å². The highest BCUT2D eigenvalue weighted by molar-refractivity contribution is 14.0. The molecule has 7 heteroatoms. The summed E-state index contributed by atoms with van der Waals surface area (Å²) in [6.45, 7) is 3.56. The second-order valence-corrected chi connectivity index (χ2v) is 7.80. The fourth-order valence-corrected chi connectivity index (χ4v) is 3.10. The molecule has 0 bridgehead atoms. The van der Waals surface area contributed by atoms with E-state index in [0.717, 1.165) is 6.54 Å². The third-order valence-corrected chi connectivity index (χ3v) is 4.98. The summed E-state index contributed by atoms with van der Waals surface area (Å²) in [6.07, 6.45) is 7.61. The predicted octanol–water partition coefficient (Wildman–Crippen LogP) is 1.78. The molecule has 0 atom stereocenters. The molecule has 0 radical (unpaired) electrons. The van der Waals surface area contributed by atoms with Gasteiger partial charge < -0.3 is 10.6 Å². The van der Waals surface area contributed by atoms with Crippen LogP contribution in [0.1, 0.15) is 39.0 Å². The zero-order valence-corrected chi connectivity index (χ0v) is 15.9. The third-order valence-electron chi connectivity index (χ3n) is 4.03. The van der Waals surface area contributed by atoms with Crippen molar-refractivity contribution in [3.8, 4) is 0 Å². The van der Waals surface area contributed by atoms with Gasteiger partial charge in [-0.15, -0.1) is 24.0 Å². The van der Waals surface area contributed by atoms with Crippen molar-refractivity contribution in [1.82, 2.24) is 10.6 Å². The van der Waals surface area contributed by atoms with Crippen LogP contribution in [0.4, 0.5) is 0 Å². The SMILES string of the molecule is CCC1(CNC(=NC)NCCS(C)(=O)=O)CCCC1.I. The molecule has 0 aromatic heterocycles. The van der Waals surface area contributed by atoms with Gasteiger partial charge in [0.15, 0.2) is 5.96 Å². The molecule has 0 spiro atoms. The van der Waals surface area contributed by atoms with Gasteiger partial charge in [-0.05, 0) is 24.7 Å². The van der Waals surface area contributed by atoms with Gasteiger partial charge in [0.25, 0.3) is 0 Å². The first-order valence-electron chi connectivity index (χ1n) is 7.03. The monoisotopic (exact) mass is 417 g/mol. The number of hydrogen-bond acceptors (Lipinski definition) is 3. The van der Waals surface area contributed by atoms with Gasteiger partial charge in [0, 0.05) is 26.4 Å². The summed E-state index contributed by atoms with van der Waals surface area (Å²) in [5, 5.41) is 6.38. The van der Waals surface area contributed by atoms with Crippen LogP contribution in [-0.2, 0) is 9.84 Å². The lowest BCUT2D eigenvalue weighted by Crippen LogP contribution is -2.44. The molecule has 5 nitrogen and oxygen atoms in total. The van der Waals surface area contributed by atoms with E-state index in [0.29, 0.717) is 17.9 Å². The van der Waals surface area contributed by atoms with Crippen molar-refractivity contribution in [2.75, 3.05) is 32.1 Å². The molecule has 0 amide bonds. The molecule has 1 aliphatic rings. The largest absolute Gasteiger partial charge is 0.356 e. The van der Waals surface area contributed by atoms with Gasteiger partial charge in [-0.1, -0.05) is 19.8 Å². The van der Waals surface area contributed by atoms with Gasteiger partial charge in [-0.25, -0.2) is 8.42 Å². The Morgan fingerprint density at radius 1 is 1.25 bits per heavy atom. The van der Waals surface area contributed by atoms with E-state index in [2.05, 4.69) is 22.5 Å². The highest BCUT2D eigenvalue weighted by Gasteiger charge is 2.31. The maximum Gasteiger partial charge on any atom is 0.191 e. The van der Waals surface area contributed by atoms with Crippen molar-refractivity contribution in [2.45, 2.75) is 39.0 Å². The normalized spacial score (nSPS) is 18.4. The molecule has 0 unspecified atom stereocenters. The number of nitrogens with one attached hydrogen (secondary N) is 2. The summed E-state index contributed by atoms with van der Waals surface area (Å²) in [4.78, 5) is 4.13. The summed E-state index contributed by atoms with van der Waals surface area (Å²) in [5.41, 5.74) is 0.397. The molecule has 120 valence electrons. The first kappa shape index (κ1) is 19.9. The maximum atomic E-state index is 11.1. The second-order valence-electron chi connectivity index (χ2n) is 5.54. The van der Waals surface area contributed by atoms with E-state index in [1.807, 2.05) is 0 Å². The van der Waals surface area contributed by atoms with Crippen LogP contribution in [0.15, 0.2) is 4.99 Å². The van der Waals surface area contributed by atoms with Gasteiger partial charge in [-0.3, -0.25) is 4.99 Å². The van der Waals surface area contributed by atoms with Gasteiger partial charge in [0.1, 0.15) is 9.84 Å². The number of sulfone groups is 1. The van der Waals surface area contributed by atoms with Crippen LogP contribution in [-0.4, -0.2) is 46.5 Å². The van der Waals surface area contributed by atoms with Crippen LogP contribution < -0.4 is 10.6 Å². The molecule has 0 aromatic rings. The quantitative estimate of drug-likeness (QED) is 0.393. The van der Waals surface area contributed by atoms with E-state index in [1.54, 1.807) is 7.05 Å². The Morgan fingerprint density at radius 2 is 1.85 bits per heavy atom. The van der Waals surface area contributed by atoms with Crippen LogP contribution in [0.2, 0.25) is 0 Å². The molecule has 1 fully saturated rings. The van der Waals surface area contributed by atoms with Crippen LogP contribution in [0, 0.1) is 5.41 Å². The first-order chi connectivity index (χ1) is 8.91. The van der Waals surface area contributed by atoms with Crippen molar-refractivity contribution < 1.29 is 8.42 Å². The van der Waals surface area contributed by atoms with Crippen LogP contribution >= 0.6 is 24.0 Å². The number of guanidine groups is 1. The summed E-state index contributed by atoms with van der Waals surface area (Å²) < 4.78 is 22.1. The lowest BCUT2D eigenvalue weighted by molar-refractivity contribution is 0.283. The minimum absolute atomic E-state index is 0. The molecule has 0 aromatic carbocycles. The molecule has 0 heterocycles. The zero-order chi connectivity index (χ0) is 14.4. The lowest BCUT2D eigenvalue weighted by atomic mass is 9.83. The second kappa shape index (κ2) is 9.07. The number of hydrogen-bond donors (Lipinski definition) is 2. The number of nitrogens with zero attached hydrogens (tertiary/aromatic N) is 1. The predicted molar refractivity (Wildman–Crippen MR) is 95.7 cm³/mol. The standard InChI is InChI=1S/C13H27N3O2S.HI/c1-4-13(7-5-6-8-13)11-16-12(14-2)15-9-10-19(3,17)18;/h4-11H2,1-3H3,(H2,14,15,16);1H. The van der Waals surface area contributed by atoms with Crippen LogP contribution in [0.25, 0.3) is 0 Å². The Morgan fingerprint density at radius 3 is 2.30 bits per heavy atom. The molecule has 1 saturated carbocycles. The molecule has 0 saturated heterocycles.